The van der Waals surface area contributed by atoms with Crippen LogP contribution in [0.5, 0.6) is 0 Å². The SMILES string of the molecule is Cc1nn(C)cc1C(Cc1cc(F)cc(Br)c1)NN. The van der Waals surface area contributed by atoms with Gasteiger partial charge < -0.3 is 0 Å². The minimum atomic E-state index is -0.261. The first-order valence-electron chi connectivity index (χ1n) is 5.91. The third-order valence-corrected chi connectivity index (χ3v) is 3.45. The first-order chi connectivity index (χ1) is 8.99. The lowest BCUT2D eigenvalue weighted by atomic mass is 10.00. The molecule has 1 aromatic carbocycles. The van der Waals surface area contributed by atoms with E-state index in [0.717, 1.165) is 21.3 Å². The molecule has 1 atom stereocenters. The van der Waals surface area contributed by atoms with E-state index in [1.54, 1.807) is 4.68 Å². The average molecular weight is 327 g/mol. The Morgan fingerprint density at radius 3 is 2.74 bits per heavy atom. The Morgan fingerprint density at radius 2 is 2.21 bits per heavy atom. The molecule has 1 heterocycles. The number of hydrazine groups is 1. The van der Waals surface area contributed by atoms with Crippen molar-refractivity contribution in [2.24, 2.45) is 12.9 Å². The molecule has 0 saturated heterocycles. The number of nitrogens with zero attached hydrogens (tertiary/aromatic N) is 2. The first-order valence-corrected chi connectivity index (χ1v) is 6.70. The fraction of sp³-hybridized carbons (Fsp3) is 0.308. The van der Waals surface area contributed by atoms with Gasteiger partial charge in [-0.15, -0.1) is 0 Å². The highest BCUT2D eigenvalue weighted by Gasteiger charge is 2.16. The summed E-state index contributed by atoms with van der Waals surface area (Å²) in [6.45, 7) is 1.93. The number of aryl methyl sites for hydroxylation is 2. The number of rotatable bonds is 4. The van der Waals surface area contributed by atoms with Crippen LogP contribution < -0.4 is 11.3 Å². The van der Waals surface area contributed by atoms with Crippen molar-refractivity contribution in [1.29, 1.82) is 0 Å². The zero-order chi connectivity index (χ0) is 14.0. The van der Waals surface area contributed by atoms with Crippen molar-refractivity contribution in [2.45, 2.75) is 19.4 Å². The summed E-state index contributed by atoms with van der Waals surface area (Å²) < 4.78 is 15.8. The second-order valence-corrected chi connectivity index (χ2v) is 5.46. The van der Waals surface area contributed by atoms with Crippen LogP contribution in [0.15, 0.2) is 28.9 Å². The van der Waals surface area contributed by atoms with Gasteiger partial charge in [-0.3, -0.25) is 16.0 Å². The predicted molar refractivity (Wildman–Crippen MR) is 75.8 cm³/mol. The molecule has 1 aromatic heterocycles. The minimum Gasteiger partial charge on any atom is -0.275 e. The highest BCUT2D eigenvalue weighted by Crippen LogP contribution is 2.23. The monoisotopic (exact) mass is 326 g/mol. The van der Waals surface area contributed by atoms with E-state index in [9.17, 15) is 4.39 Å². The smallest absolute Gasteiger partial charge is 0.124 e. The molecule has 0 bridgehead atoms. The molecule has 2 aromatic rings. The zero-order valence-corrected chi connectivity index (χ0v) is 12.4. The molecule has 0 aliphatic heterocycles. The van der Waals surface area contributed by atoms with Crippen LogP contribution in [0.4, 0.5) is 4.39 Å². The zero-order valence-electron chi connectivity index (χ0n) is 10.8. The number of hydrogen-bond acceptors (Lipinski definition) is 3. The maximum Gasteiger partial charge on any atom is 0.124 e. The molecule has 0 saturated carbocycles. The van der Waals surface area contributed by atoms with Gasteiger partial charge in [0, 0.05) is 23.3 Å². The number of aromatic nitrogens is 2. The van der Waals surface area contributed by atoms with Crippen LogP contribution in [-0.4, -0.2) is 9.78 Å². The molecule has 6 heteroatoms. The van der Waals surface area contributed by atoms with Gasteiger partial charge in [0.15, 0.2) is 0 Å². The third-order valence-electron chi connectivity index (χ3n) is 2.99. The Kier molecular flexibility index (Phi) is 4.34. The van der Waals surface area contributed by atoms with E-state index in [1.165, 1.54) is 12.1 Å². The maximum atomic E-state index is 13.4. The summed E-state index contributed by atoms with van der Waals surface area (Å²) in [4.78, 5) is 0. The van der Waals surface area contributed by atoms with Crippen LogP contribution in [0, 0.1) is 12.7 Å². The van der Waals surface area contributed by atoms with Gasteiger partial charge in [-0.1, -0.05) is 15.9 Å². The number of halogens is 2. The van der Waals surface area contributed by atoms with Gasteiger partial charge >= 0.3 is 0 Å². The summed E-state index contributed by atoms with van der Waals surface area (Å²) >= 11 is 3.29. The Morgan fingerprint density at radius 1 is 1.47 bits per heavy atom. The summed E-state index contributed by atoms with van der Waals surface area (Å²) in [5.41, 5.74) is 5.58. The topological polar surface area (TPSA) is 55.9 Å². The van der Waals surface area contributed by atoms with Crippen LogP contribution in [0.3, 0.4) is 0 Å². The summed E-state index contributed by atoms with van der Waals surface area (Å²) in [5, 5.41) is 4.29. The van der Waals surface area contributed by atoms with Gasteiger partial charge in [0.1, 0.15) is 5.82 Å². The molecule has 19 heavy (non-hydrogen) atoms. The second-order valence-electron chi connectivity index (χ2n) is 4.54. The molecular formula is C13H16BrFN4. The fourth-order valence-corrected chi connectivity index (χ4v) is 2.70. The maximum absolute atomic E-state index is 13.4. The molecule has 4 nitrogen and oxygen atoms in total. The highest BCUT2D eigenvalue weighted by atomic mass is 79.9. The Bertz CT molecular complexity index is 562. The third kappa shape index (κ3) is 3.40. The number of nitrogens with one attached hydrogen (secondary N) is 1. The number of hydrogen-bond donors (Lipinski definition) is 2. The molecule has 0 spiro atoms. The lowest BCUT2D eigenvalue weighted by Crippen LogP contribution is -2.29. The lowest BCUT2D eigenvalue weighted by molar-refractivity contribution is 0.545. The van der Waals surface area contributed by atoms with Gasteiger partial charge in [0.25, 0.3) is 0 Å². The first kappa shape index (κ1) is 14.2. The molecule has 0 radical (unpaired) electrons. The summed E-state index contributed by atoms with van der Waals surface area (Å²) in [7, 11) is 1.86. The number of nitrogens with two attached hydrogens (primary N) is 1. The van der Waals surface area contributed by atoms with E-state index in [1.807, 2.05) is 26.2 Å². The van der Waals surface area contributed by atoms with Crippen molar-refractivity contribution < 1.29 is 4.39 Å². The average Bonchev–Trinajstić information content (AvgIpc) is 2.64. The van der Waals surface area contributed by atoms with E-state index in [0.29, 0.717) is 6.42 Å². The Labute approximate surface area is 119 Å². The van der Waals surface area contributed by atoms with Crippen molar-refractivity contribution >= 4 is 15.9 Å². The lowest BCUT2D eigenvalue weighted by Gasteiger charge is -2.15. The van der Waals surface area contributed by atoms with Gasteiger partial charge in [-0.2, -0.15) is 5.10 Å². The quantitative estimate of drug-likeness (QED) is 0.670. The summed E-state index contributed by atoms with van der Waals surface area (Å²) in [6, 6.07) is 4.74. The fourth-order valence-electron chi connectivity index (χ4n) is 2.18. The minimum absolute atomic E-state index is 0.0950. The second kappa shape index (κ2) is 5.81. The molecule has 0 amide bonds. The van der Waals surface area contributed by atoms with E-state index >= 15 is 0 Å². The van der Waals surface area contributed by atoms with Gasteiger partial charge in [-0.25, -0.2) is 4.39 Å². The molecule has 3 N–H and O–H groups in total. The van der Waals surface area contributed by atoms with E-state index in [4.69, 9.17) is 5.84 Å². The molecule has 0 aliphatic carbocycles. The van der Waals surface area contributed by atoms with Crippen molar-refractivity contribution in [1.82, 2.24) is 15.2 Å². The van der Waals surface area contributed by atoms with Crippen molar-refractivity contribution in [3.8, 4) is 0 Å². The standard InChI is InChI=1S/C13H16BrFN4/c1-8-12(7-19(2)18-8)13(17-16)5-9-3-10(14)6-11(15)4-9/h3-4,6-7,13,17H,5,16H2,1-2H3. The van der Waals surface area contributed by atoms with E-state index in [2.05, 4.69) is 26.5 Å². The van der Waals surface area contributed by atoms with Crippen molar-refractivity contribution in [3.05, 3.63) is 51.5 Å². The summed E-state index contributed by atoms with van der Waals surface area (Å²) in [5.74, 6) is 5.35. The Hall–Kier alpha value is -1.24. The number of benzene rings is 1. The molecule has 0 aliphatic rings. The van der Waals surface area contributed by atoms with Crippen molar-refractivity contribution in [3.63, 3.8) is 0 Å². The molecule has 0 fully saturated rings. The van der Waals surface area contributed by atoms with Gasteiger partial charge in [0.2, 0.25) is 0 Å². The highest BCUT2D eigenvalue weighted by molar-refractivity contribution is 9.10. The van der Waals surface area contributed by atoms with E-state index in [-0.39, 0.29) is 11.9 Å². The molecule has 2 rings (SSSR count). The molecule has 1 unspecified atom stereocenters. The molecule has 102 valence electrons. The predicted octanol–water partition coefficient (Wildman–Crippen LogP) is 2.38. The van der Waals surface area contributed by atoms with Crippen LogP contribution >= 0.6 is 15.9 Å². The summed E-state index contributed by atoms with van der Waals surface area (Å²) in [6.07, 6.45) is 2.52. The van der Waals surface area contributed by atoms with Gasteiger partial charge in [0.05, 0.1) is 11.7 Å². The molecular weight excluding hydrogens is 311 g/mol. The largest absolute Gasteiger partial charge is 0.275 e. The van der Waals surface area contributed by atoms with Crippen LogP contribution in [0.1, 0.15) is 22.9 Å². The van der Waals surface area contributed by atoms with Crippen LogP contribution in [0.2, 0.25) is 0 Å². The van der Waals surface area contributed by atoms with Crippen LogP contribution in [0.25, 0.3) is 0 Å². The van der Waals surface area contributed by atoms with E-state index < -0.39 is 0 Å². The Balaban J connectivity index is 2.26. The van der Waals surface area contributed by atoms with Gasteiger partial charge in [-0.05, 0) is 37.1 Å². The normalized spacial score (nSPS) is 12.7. The van der Waals surface area contributed by atoms with Crippen molar-refractivity contribution in [2.75, 3.05) is 0 Å². The van der Waals surface area contributed by atoms with Crippen LogP contribution in [-0.2, 0) is 13.5 Å².